The molecule has 1 saturated heterocycles. The number of hydrogen-bond acceptors (Lipinski definition) is 4. The number of nitrogens with zero attached hydrogens (tertiary/aromatic N) is 2. The molecule has 2 aromatic heterocycles. The second-order valence-corrected chi connectivity index (χ2v) is 8.56. The minimum atomic E-state index is 0.336. The Balaban J connectivity index is 1.34. The summed E-state index contributed by atoms with van der Waals surface area (Å²) in [7, 11) is 1.83. The molecule has 0 aliphatic carbocycles. The summed E-state index contributed by atoms with van der Waals surface area (Å²) in [5.41, 5.74) is 3.82. The number of aromatic amines is 1. The fraction of sp³-hybridized carbons (Fsp3) is 0.435. The number of hydrogen-bond donors (Lipinski definition) is 3. The third-order valence-electron chi connectivity index (χ3n) is 5.74. The number of nitrogens with one attached hydrogen (secondary N) is 3. The third-order valence-corrected chi connectivity index (χ3v) is 6.71. The molecular formula is C23H31N5OS. The van der Waals surface area contributed by atoms with Crippen LogP contribution in [0.4, 0.5) is 0 Å². The van der Waals surface area contributed by atoms with Gasteiger partial charge < -0.3 is 20.4 Å². The molecule has 1 aromatic carbocycles. The van der Waals surface area contributed by atoms with E-state index in [-0.39, 0.29) is 0 Å². The monoisotopic (exact) mass is 425 g/mol. The predicted molar refractivity (Wildman–Crippen MR) is 126 cm³/mol. The highest BCUT2D eigenvalue weighted by Gasteiger charge is 2.23. The smallest absolute Gasteiger partial charge is 0.191 e. The molecule has 0 saturated carbocycles. The van der Waals surface area contributed by atoms with Crippen molar-refractivity contribution in [2.45, 2.75) is 19.4 Å². The van der Waals surface area contributed by atoms with Crippen LogP contribution in [0.15, 0.2) is 46.8 Å². The van der Waals surface area contributed by atoms with Gasteiger partial charge in [0.05, 0.1) is 19.3 Å². The summed E-state index contributed by atoms with van der Waals surface area (Å²) in [5, 5.41) is 10.5. The lowest BCUT2D eigenvalue weighted by atomic mass is 10.1. The van der Waals surface area contributed by atoms with Crippen LogP contribution in [0.1, 0.15) is 22.2 Å². The number of fused-ring (bicyclic) bond motifs is 1. The number of aliphatic imine (C=N–C) groups is 1. The number of aromatic nitrogens is 1. The van der Waals surface area contributed by atoms with Crippen molar-refractivity contribution in [3.05, 3.63) is 57.9 Å². The number of rotatable bonds is 7. The third kappa shape index (κ3) is 4.86. The van der Waals surface area contributed by atoms with Gasteiger partial charge in [0.2, 0.25) is 0 Å². The molecule has 7 heteroatoms. The lowest BCUT2D eigenvalue weighted by Crippen LogP contribution is -2.46. The molecule has 4 rings (SSSR count). The van der Waals surface area contributed by atoms with E-state index in [2.05, 4.69) is 74.2 Å². The van der Waals surface area contributed by atoms with Crippen molar-refractivity contribution in [2.75, 3.05) is 46.4 Å². The van der Waals surface area contributed by atoms with Crippen LogP contribution >= 0.6 is 11.3 Å². The fourth-order valence-electron chi connectivity index (χ4n) is 4.16. The van der Waals surface area contributed by atoms with E-state index in [1.807, 2.05) is 18.4 Å². The van der Waals surface area contributed by atoms with E-state index in [0.29, 0.717) is 6.04 Å². The summed E-state index contributed by atoms with van der Waals surface area (Å²) < 4.78 is 5.55. The Labute approximate surface area is 182 Å². The number of morpholine rings is 1. The first-order chi connectivity index (χ1) is 14.8. The van der Waals surface area contributed by atoms with Crippen LogP contribution in [0, 0.1) is 6.92 Å². The molecule has 3 aromatic rings. The van der Waals surface area contributed by atoms with Gasteiger partial charge in [-0.25, -0.2) is 0 Å². The molecule has 30 heavy (non-hydrogen) atoms. The molecule has 3 N–H and O–H groups in total. The predicted octanol–water partition coefficient (Wildman–Crippen LogP) is 3.32. The number of benzene rings is 1. The molecular weight excluding hydrogens is 394 g/mol. The maximum absolute atomic E-state index is 5.55. The van der Waals surface area contributed by atoms with Gasteiger partial charge in [-0.3, -0.25) is 9.89 Å². The zero-order valence-electron chi connectivity index (χ0n) is 17.8. The maximum atomic E-state index is 5.55. The first-order valence-electron chi connectivity index (χ1n) is 10.6. The first kappa shape index (κ1) is 20.9. The summed E-state index contributed by atoms with van der Waals surface area (Å²) in [4.78, 5) is 11.8. The zero-order valence-corrected chi connectivity index (χ0v) is 18.6. The average Bonchev–Trinajstić information content (AvgIpc) is 3.41. The minimum Gasteiger partial charge on any atom is -0.379 e. The number of thiophene rings is 1. The van der Waals surface area contributed by atoms with Gasteiger partial charge in [-0.2, -0.15) is 0 Å². The number of H-pyrrole nitrogens is 1. The van der Waals surface area contributed by atoms with Gasteiger partial charge in [0.25, 0.3) is 0 Å². The van der Waals surface area contributed by atoms with E-state index < -0.39 is 0 Å². The number of para-hydroxylation sites is 1. The lowest BCUT2D eigenvalue weighted by Gasteiger charge is -2.34. The Kier molecular flexibility index (Phi) is 7.04. The van der Waals surface area contributed by atoms with Crippen LogP contribution in [-0.2, 0) is 11.2 Å². The molecule has 0 bridgehead atoms. The molecule has 1 fully saturated rings. The summed E-state index contributed by atoms with van der Waals surface area (Å²) in [5.74, 6) is 0.849. The van der Waals surface area contributed by atoms with Crippen molar-refractivity contribution in [2.24, 2.45) is 4.99 Å². The second-order valence-electron chi connectivity index (χ2n) is 7.58. The lowest BCUT2D eigenvalue weighted by molar-refractivity contribution is 0.0177. The Morgan fingerprint density at radius 3 is 2.80 bits per heavy atom. The zero-order chi connectivity index (χ0) is 20.8. The van der Waals surface area contributed by atoms with Crippen molar-refractivity contribution in [1.82, 2.24) is 20.5 Å². The first-order valence-corrected chi connectivity index (χ1v) is 11.5. The molecule has 1 aliphatic heterocycles. The van der Waals surface area contributed by atoms with E-state index in [1.165, 1.54) is 27.0 Å². The molecule has 1 unspecified atom stereocenters. The van der Waals surface area contributed by atoms with E-state index >= 15 is 0 Å². The minimum absolute atomic E-state index is 0.336. The molecule has 0 radical (unpaired) electrons. The highest BCUT2D eigenvalue weighted by atomic mass is 32.1. The summed E-state index contributed by atoms with van der Waals surface area (Å²) >= 11 is 1.82. The fourth-order valence-corrected chi connectivity index (χ4v) is 5.02. The summed E-state index contributed by atoms with van der Waals surface area (Å²) in [6.07, 6.45) is 0.953. The molecule has 0 spiro atoms. The van der Waals surface area contributed by atoms with Crippen LogP contribution in [0.25, 0.3) is 10.9 Å². The van der Waals surface area contributed by atoms with E-state index in [1.54, 1.807) is 0 Å². The van der Waals surface area contributed by atoms with E-state index in [0.717, 1.165) is 51.8 Å². The topological polar surface area (TPSA) is 64.7 Å². The van der Waals surface area contributed by atoms with Crippen LogP contribution in [-0.4, -0.2) is 62.3 Å². The van der Waals surface area contributed by atoms with Crippen molar-refractivity contribution in [1.29, 1.82) is 0 Å². The van der Waals surface area contributed by atoms with E-state index in [4.69, 9.17) is 4.74 Å². The molecule has 160 valence electrons. The van der Waals surface area contributed by atoms with E-state index in [9.17, 15) is 0 Å². The van der Waals surface area contributed by atoms with Crippen molar-refractivity contribution < 1.29 is 4.74 Å². The van der Waals surface area contributed by atoms with Crippen molar-refractivity contribution in [3.8, 4) is 0 Å². The van der Waals surface area contributed by atoms with Gasteiger partial charge in [0.1, 0.15) is 0 Å². The Morgan fingerprint density at radius 1 is 1.20 bits per heavy atom. The maximum Gasteiger partial charge on any atom is 0.191 e. The largest absolute Gasteiger partial charge is 0.379 e. The van der Waals surface area contributed by atoms with Gasteiger partial charge in [-0.1, -0.05) is 24.3 Å². The molecule has 1 atom stereocenters. The van der Waals surface area contributed by atoms with Gasteiger partial charge in [0.15, 0.2) is 5.96 Å². The summed E-state index contributed by atoms with van der Waals surface area (Å²) in [6, 6.07) is 13.2. The number of guanidine groups is 1. The molecule has 6 nitrogen and oxygen atoms in total. The van der Waals surface area contributed by atoms with Crippen LogP contribution in [0.2, 0.25) is 0 Å². The number of aryl methyl sites for hydroxylation is 1. The highest BCUT2D eigenvalue weighted by molar-refractivity contribution is 7.10. The standard InChI is InChI=1S/C23H31N5OS/c1-17-18(19-6-3-4-7-20(19)27-17)9-10-25-23(24-2)26-16-21(22-8-5-15-30-22)28-11-13-29-14-12-28/h3-8,15,21,27H,9-14,16H2,1-2H3,(H2,24,25,26). The van der Waals surface area contributed by atoms with Gasteiger partial charge in [0, 0.05) is 54.7 Å². The van der Waals surface area contributed by atoms with Crippen LogP contribution in [0.3, 0.4) is 0 Å². The molecule has 1 aliphatic rings. The number of ether oxygens (including phenoxy) is 1. The van der Waals surface area contributed by atoms with Crippen LogP contribution in [0.5, 0.6) is 0 Å². The van der Waals surface area contributed by atoms with Gasteiger partial charge in [-0.15, -0.1) is 11.3 Å². The molecule has 0 amide bonds. The Morgan fingerprint density at radius 2 is 2.03 bits per heavy atom. The SMILES string of the molecule is CN=C(NCCc1c(C)[nH]c2ccccc12)NCC(c1cccs1)N1CCOCC1. The average molecular weight is 426 g/mol. The highest BCUT2D eigenvalue weighted by Crippen LogP contribution is 2.25. The van der Waals surface area contributed by atoms with Crippen molar-refractivity contribution in [3.63, 3.8) is 0 Å². The molecule has 3 heterocycles. The second kappa shape index (κ2) is 10.1. The Bertz CT molecular complexity index is 959. The normalized spacial score (nSPS) is 16.7. The van der Waals surface area contributed by atoms with Crippen molar-refractivity contribution >= 4 is 28.2 Å². The quantitative estimate of drug-likeness (QED) is 0.401. The van der Waals surface area contributed by atoms with Gasteiger partial charge >= 0.3 is 0 Å². The van der Waals surface area contributed by atoms with Gasteiger partial charge in [-0.05, 0) is 36.4 Å². The summed E-state index contributed by atoms with van der Waals surface area (Å²) in [6.45, 7) is 7.36. The van der Waals surface area contributed by atoms with Crippen LogP contribution < -0.4 is 10.6 Å². The Hall–Kier alpha value is -2.35.